The lowest BCUT2D eigenvalue weighted by molar-refractivity contribution is 0.593. The third-order valence-electron chi connectivity index (χ3n) is 2.73. The summed E-state index contributed by atoms with van der Waals surface area (Å²) in [6.45, 7) is 5.89. The van der Waals surface area contributed by atoms with E-state index in [9.17, 15) is 8.42 Å². The zero-order valence-electron chi connectivity index (χ0n) is 11.7. The summed E-state index contributed by atoms with van der Waals surface area (Å²) in [5, 5.41) is 10.3. The Kier molecular flexibility index (Phi) is 4.49. The van der Waals surface area contributed by atoms with Crippen LogP contribution in [0.1, 0.15) is 41.9 Å². The highest BCUT2D eigenvalue weighted by molar-refractivity contribution is 7.89. The number of aryl methyl sites for hydroxylation is 1. The second-order valence-corrected chi connectivity index (χ2v) is 8.03. The van der Waals surface area contributed by atoms with Gasteiger partial charge < -0.3 is 0 Å². The molecule has 0 aliphatic heterocycles. The van der Waals surface area contributed by atoms with Crippen LogP contribution in [0.2, 0.25) is 0 Å². The van der Waals surface area contributed by atoms with Gasteiger partial charge in [-0.25, -0.2) is 13.4 Å². The lowest BCUT2D eigenvalue weighted by atomic mass is 10.2. The molecule has 0 bridgehead atoms. The number of rotatable bonds is 5. The van der Waals surface area contributed by atoms with Crippen LogP contribution in [-0.2, 0) is 21.3 Å². The number of nitrogens with zero attached hydrogens (tertiary/aromatic N) is 3. The first-order chi connectivity index (χ1) is 9.35. The molecule has 2 aromatic rings. The molecule has 0 radical (unpaired) electrons. The van der Waals surface area contributed by atoms with E-state index in [0.29, 0.717) is 16.6 Å². The van der Waals surface area contributed by atoms with E-state index < -0.39 is 9.84 Å². The van der Waals surface area contributed by atoms with E-state index in [-0.39, 0.29) is 11.5 Å². The van der Waals surface area contributed by atoms with Crippen LogP contribution in [0.25, 0.3) is 0 Å². The van der Waals surface area contributed by atoms with Crippen molar-refractivity contribution in [3.63, 3.8) is 0 Å². The monoisotopic (exact) mass is 311 g/mol. The molecular weight excluding hydrogens is 294 g/mol. The van der Waals surface area contributed by atoms with E-state index in [1.54, 1.807) is 12.1 Å². The smallest absolute Gasteiger partial charge is 0.162 e. The summed E-state index contributed by atoms with van der Waals surface area (Å²) in [5.74, 6) is 0.169. The van der Waals surface area contributed by atoms with E-state index in [1.165, 1.54) is 11.3 Å². The minimum Gasteiger partial charge on any atom is -0.245 e. The molecule has 0 saturated heterocycles. The molecule has 108 valence electrons. The zero-order chi connectivity index (χ0) is 14.8. The number of hydrogen-bond donors (Lipinski definition) is 0. The Hall–Kier alpha value is -1.34. The Bertz CT molecular complexity index is 676. The lowest BCUT2D eigenvalue weighted by Crippen LogP contribution is -2.09. The molecule has 2 heterocycles. The molecule has 20 heavy (non-hydrogen) atoms. The number of aromatic nitrogens is 3. The summed E-state index contributed by atoms with van der Waals surface area (Å²) in [7, 11) is -3.27. The molecule has 0 amide bonds. The van der Waals surface area contributed by atoms with Crippen molar-refractivity contribution in [3.8, 4) is 0 Å². The fourth-order valence-electron chi connectivity index (χ4n) is 1.62. The van der Waals surface area contributed by atoms with Crippen molar-refractivity contribution in [2.75, 3.05) is 0 Å². The van der Waals surface area contributed by atoms with Crippen LogP contribution in [0.4, 0.5) is 0 Å². The van der Waals surface area contributed by atoms with Gasteiger partial charge in [-0.15, -0.1) is 11.3 Å². The number of sulfone groups is 1. The maximum Gasteiger partial charge on any atom is 0.162 e. The third kappa shape index (κ3) is 4.08. The summed E-state index contributed by atoms with van der Waals surface area (Å²) < 4.78 is 24.3. The van der Waals surface area contributed by atoms with Gasteiger partial charge in [-0.05, 0) is 25.0 Å². The Morgan fingerprint density at radius 2 is 1.95 bits per heavy atom. The third-order valence-corrected chi connectivity index (χ3v) is 5.22. The average Bonchev–Trinajstić information content (AvgIpc) is 2.79. The molecular formula is C13H17N3O2S2. The summed E-state index contributed by atoms with van der Waals surface area (Å²) in [6.07, 6.45) is 0. The second-order valence-electron chi connectivity index (χ2n) is 5.02. The Morgan fingerprint density at radius 3 is 2.50 bits per heavy atom. The first-order valence-electron chi connectivity index (χ1n) is 6.29. The fourth-order valence-corrected chi connectivity index (χ4v) is 4.32. The molecule has 0 atom stereocenters. The van der Waals surface area contributed by atoms with Crippen LogP contribution < -0.4 is 0 Å². The minimum atomic E-state index is -3.27. The maximum atomic E-state index is 12.1. The van der Waals surface area contributed by atoms with Crippen LogP contribution in [0, 0.1) is 6.92 Å². The summed E-state index contributed by atoms with van der Waals surface area (Å²) in [5.41, 5.74) is 2.18. The number of thiazole rings is 1. The van der Waals surface area contributed by atoms with E-state index >= 15 is 0 Å². The summed E-state index contributed by atoms with van der Waals surface area (Å²) >= 11 is 1.39. The first kappa shape index (κ1) is 15.1. The molecule has 0 N–H and O–H groups in total. The van der Waals surface area contributed by atoms with E-state index in [1.807, 2.05) is 26.2 Å². The average molecular weight is 311 g/mol. The van der Waals surface area contributed by atoms with Gasteiger partial charge in [0.2, 0.25) is 0 Å². The van der Waals surface area contributed by atoms with Crippen molar-refractivity contribution in [1.82, 2.24) is 15.2 Å². The molecule has 7 heteroatoms. The molecule has 0 aliphatic carbocycles. The Labute approximate surface area is 123 Å². The molecule has 5 nitrogen and oxygen atoms in total. The van der Waals surface area contributed by atoms with Crippen LogP contribution in [-0.4, -0.2) is 23.6 Å². The summed E-state index contributed by atoms with van der Waals surface area (Å²) in [6, 6.07) is 3.46. The highest BCUT2D eigenvalue weighted by Crippen LogP contribution is 2.20. The predicted molar refractivity (Wildman–Crippen MR) is 79.3 cm³/mol. The van der Waals surface area contributed by atoms with Crippen molar-refractivity contribution in [3.05, 3.63) is 39.6 Å². The van der Waals surface area contributed by atoms with Gasteiger partial charge >= 0.3 is 0 Å². The topological polar surface area (TPSA) is 72.8 Å². The van der Waals surface area contributed by atoms with Gasteiger partial charge in [0.05, 0.1) is 22.8 Å². The Morgan fingerprint density at radius 1 is 1.20 bits per heavy atom. The normalized spacial score (nSPS) is 12.0. The number of hydrogen-bond acceptors (Lipinski definition) is 6. The van der Waals surface area contributed by atoms with Gasteiger partial charge in [0.15, 0.2) is 9.84 Å². The van der Waals surface area contributed by atoms with Crippen LogP contribution in [0.15, 0.2) is 17.5 Å². The molecule has 0 spiro atoms. The van der Waals surface area contributed by atoms with Gasteiger partial charge in [0, 0.05) is 5.38 Å². The van der Waals surface area contributed by atoms with E-state index in [4.69, 9.17) is 0 Å². The molecule has 0 unspecified atom stereocenters. The summed E-state index contributed by atoms with van der Waals surface area (Å²) in [4.78, 5) is 4.35. The van der Waals surface area contributed by atoms with Gasteiger partial charge in [-0.2, -0.15) is 10.2 Å². The largest absolute Gasteiger partial charge is 0.245 e. The molecule has 0 fully saturated rings. The lowest BCUT2D eigenvalue weighted by Gasteiger charge is -2.02. The Balaban J connectivity index is 2.08. The molecule has 2 rings (SSSR count). The SMILES string of the molecule is Cc1ccc(CS(=O)(=O)Cc2nc(C(C)C)cs2)nn1. The van der Waals surface area contributed by atoms with Gasteiger partial charge in [-0.3, -0.25) is 0 Å². The fraction of sp³-hybridized carbons (Fsp3) is 0.462. The standard InChI is InChI=1S/C13H17N3O2S2/c1-9(2)12-6-19-13(14-12)8-20(17,18)7-11-5-4-10(3)15-16-11/h4-6,9H,7-8H2,1-3H3. The van der Waals surface area contributed by atoms with Crippen molar-refractivity contribution in [1.29, 1.82) is 0 Å². The van der Waals surface area contributed by atoms with Crippen LogP contribution >= 0.6 is 11.3 Å². The van der Waals surface area contributed by atoms with Gasteiger partial charge in [-0.1, -0.05) is 13.8 Å². The molecule has 0 aliphatic rings. The van der Waals surface area contributed by atoms with Crippen LogP contribution in [0.3, 0.4) is 0 Å². The predicted octanol–water partition coefficient (Wildman–Crippen LogP) is 2.48. The second kappa shape index (κ2) is 5.97. The van der Waals surface area contributed by atoms with Gasteiger partial charge in [0.25, 0.3) is 0 Å². The van der Waals surface area contributed by atoms with Crippen LogP contribution in [0.5, 0.6) is 0 Å². The highest BCUT2D eigenvalue weighted by Gasteiger charge is 2.17. The molecule has 2 aromatic heterocycles. The van der Waals surface area contributed by atoms with Crippen molar-refractivity contribution < 1.29 is 8.42 Å². The van der Waals surface area contributed by atoms with Crippen molar-refractivity contribution >= 4 is 21.2 Å². The highest BCUT2D eigenvalue weighted by atomic mass is 32.2. The van der Waals surface area contributed by atoms with E-state index in [0.717, 1.165) is 11.4 Å². The van der Waals surface area contributed by atoms with Crippen molar-refractivity contribution in [2.45, 2.75) is 38.2 Å². The first-order valence-corrected chi connectivity index (χ1v) is 9.00. The maximum absolute atomic E-state index is 12.1. The quantitative estimate of drug-likeness (QED) is 0.848. The zero-order valence-corrected chi connectivity index (χ0v) is 13.3. The van der Waals surface area contributed by atoms with Gasteiger partial charge in [0.1, 0.15) is 10.8 Å². The molecule has 0 saturated carbocycles. The van der Waals surface area contributed by atoms with E-state index in [2.05, 4.69) is 15.2 Å². The molecule has 0 aromatic carbocycles. The van der Waals surface area contributed by atoms with Crippen molar-refractivity contribution in [2.24, 2.45) is 0 Å². The minimum absolute atomic E-state index is 0.0417.